The third-order valence-electron chi connectivity index (χ3n) is 4.01. The first-order valence-electron chi connectivity index (χ1n) is 9.15. The van der Waals surface area contributed by atoms with Crippen molar-refractivity contribution in [1.29, 1.82) is 0 Å². The molecule has 0 bridgehead atoms. The lowest BCUT2D eigenvalue weighted by Gasteiger charge is -2.20. The van der Waals surface area contributed by atoms with Gasteiger partial charge in [0.05, 0.1) is 6.61 Å². The topological polar surface area (TPSA) is 246 Å². The van der Waals surface area contributed by atoms with Crippen LogP contribution >= 0.6 is 0 Å². The molecule has 2 aromatic rings. The summed E-state index contributed by atoms with van der Waals surface area (Å²) in [6.45, 7) is -1.78. The molecule has 1 aliphatic rings. The van der Waals surface area contributed by atoms with Crippen molar-refractivity contribution in [3.63, 3.8) is 0 Å². The van der Waals surface area contributed by atoms with Crippen LogP contribution < -0.4 is 27.4 Å². The Morgan fingerprint density at radius 3 is 1.85 bits per heavy atom. The minimum absolute atomic E-state index is 0.114. The fourth-order valence-electron chi connectivity index (χ4n) is 2.55. The third-order valence-corrected chi connectivity index (χ3v) is 4.01. The van der Waals surface area contributed by atoms with Crippen LogP contribution in [0.1, 0.15) is 6.23 Å². The second-order valence-electron chi connectivity index (χ2n) is 6.18. The monoisotopic (exact) mass is 479 g/mol. The second-order valence-corrected chi connectivity index (χ2v) is 6.18. The Kier molecular flexibility index (Phi) is 9.08. The number of nitrogens with two attached hydrogens (primary N) is 1. The number of alkyl halides is 2. The van der Waals surface area contributed by atoms with E-state index in [0.717, 1.165) is 12.3 Å². The van der Waals surface area contributed by atoms with Gasteiger partial charge in [-0.3, -0.25) is 4.57 Å². The molecule has 1 saturated heterocycles. The summed E-state index contributed by atoms with van der Waals surface area (Å²) in [6.07, 6.45) is -4.69. The number of aliphatic hydroxyl groups excluding tert-OH is 5. The lowest BCUT2D eigenvalue weighted by atomic mass is 10.1. The van der Waals surface area contributed by atoms with E-state index in [4.69, 9.17) is 30.9 Å². The van der Waals surface area contributed by atoms with Crippen molar-refractivity contribution >= 4 is 23.7 Å². The van der Waals surface area contributed by atoms with Crippen LogP contribution in [0.4, 0.5) is 32.4 Å². The molecule has 0 saturated carbocycles. The van der Waals surface area contributed by atoms with E-state index in [-0.39, 0.29) is 43.9 Å². The summed E-state index contributed by atoms with van der Waals surface area (Å²) in [4.78, 5) is 26.1. The molecule has 3 atom stereocenters. The number of nitrogens with zero attached hydrogens (tertiary/aromatic N) is 5. The zero-order chi connectivity index (χ0) is 24.6. The molecule has 0 amide bonds. The molecule has 18 heteroatoms. The van der Waals surface area contributed by atoms with Crippen LogP contribution in [-0.2, 0) is 4.74 Å². The zero-order valence-electron chi connectivity index (χ0n) is 16.8. The Bertz CT molecular complexity index is 908. The summed E-state index contributed by atoms with van der Waals surface area (Å²) >= 11 is 0. The van der Waals surface area contributed by atoms with E-state index in [0.29, 0.717) is 4.57 Å². The van der Waals surface area contributed by atoms with Gasteiger partial charge in [0.25, 0.3) is 0 Å². The summed E-state index contributed by atoms with van der Waals surface area (Å²) in [5, 5.41) is 51.3. The van der Waals surface area contributed by atoms with Crippen molar-refractivity contribution < 1.29 is 39.1 Å². The maximum Gasteiger partial charge on any atom is 0.351 e. The van der Waals surface area contributed by atoms with Crippen LogP contribution in [0.15, 0.2) is 17.1 Å². The Balaban J connectivity index is 0.000000238. The van der Waals surface area contributed by atoms with E-state index in [1.54, 1.807) is 0 Å². The molecule has 3 rings (SSSR count). The van der Waals surface area contributed by atoms with Gasteiger partial charge in [0.15, 0.2) is 6.10 Å². The number of aromatic nitrogens is 5. The van der Waals surface area contributed by atoms with Crippen molar-refractivity contribution in [2.45, 2.75) is 24.4 Å². The molecule has 0 aliphatic carbocycles. The highest BCUT2D eigenvalue weighted by Crippen LogP contribution is 2.41. The molecule has 10 N–H and O–H groups in total. The predicted octanol–water partition coefficient (Wildman–Crippen LogP) is -3.33. The molecule has 2 aromatic heterocycles. The summed E-state index contributed by atoms with van der Waals surface area (Å²) < 4.78 is 32.7. The normalized spacial score (nSPS) is 21.1. The van der Waals surface area contributed by atoms with E-state index in [1.165, 1.54) is 0 Å². The van der Waals surface area contributed by atoms with E-state index in [1.807, 2.05) is 0 Å². The van der Waals surface area contributed by atoms with Gasteiger partial charge in [0.2, 0.25) is 24.1 Å². The summed E-state index contributed by atoms with van der Waals surface area (Å²) in [7, 11) is 0. The lowest BCUT2D eigenvalue weighted by Crippen LogP contribution is -2.41. The quantitative estimate of drug-likeness (QED) is 0.168. The van der Waals surface area contributed by atoms with Crippen LogP contribution in [0, 0.1) is 0 Å². The first-order chi connectivity index (χ1) is 15.7. The van der Waals surface area contributed by atoms with Gasteiger partial charge >= 0.3 is 11.6 Å². The van der Waals surface area contributed by atoms with Gasteiger partial charge in [-0.1, -0.05) is 0 Å². The number of aliphatic hydroxyl groups is 5. The number of hydrogen-bond acceptors (Lipinski definition) is 15. The summed E-state index contributed by atoms with van der Waals surface area (Å²) in [5.41, 5.74) is 4.21. The maximum atomic E-state index is 13.7. The van der Waals surface area contributed by atoms with Crippen LogP contribution in [0.5, 0.6) is 0 Å². The van der Waals surface area contributed by atoms with Crippen molar-refractivity contribution in [2.24, 2.45) is 0 Å². The Morgan fingerprint density at radius 2 is 1.48 bits per heavy atom. The number of hydrogen-bond donors (Lipinski definition) is 9. The highest BCUT2D eigenvalue weighted by Gasteiger charge is 2.59. The second kappa shape index (κ2) is 11.5. The SMILES string of the molecule is Nc1ccn(C2OC(CO)C(O)C2(F)F)c(=O)n1.OCNc1nc(NCO)nc(NCO)n1. The van der Waals surface area contributed by atoms with Gasteiger partial charge in [-0.2, -0.15) is 28.7 Å². The van der Waals surface area contributed by atoms with Gasteiger partial charge < -0.3 is 52.0 Å². The molecule has 1 fully saturated rings. The molecular weight excluding hydrogens is 456 g/mol. The van der Waals surface area contributed by atoms with Crippen LogP contribution in [0.25, 0.3) is 0 Å². The fraction of sp³-hybridized carbons (Fsp3) is 0.533. The average molecular weight is 479 g/mol. The average Bonchev–Trinajstić information content (AvgIpc) is 2.98. The van der Waals surface area contributed by atoms with Crippen LogP contribution in [-0.4, -0.2) is 95.0 Å². The Morgan fingerprint density at radius 1 is 1.00 bits per heavy atom. The smallest absolute Gasteiger partial charge is 0.351 e. The first kappa shape index (κ1) is 26.0. The predicted molar refractivity (Wildman–Crippen MR) is 107 cm³/mol. The molecule has 3 unspecified atom stereocenters. The van der Waals surface area contributed by atoms with Gasteiger partial charge in [-0.15, -0.1) is 0 Å². The largest absolute Gasteiger partial charge is 0.394 e. The highest BCUT2D eigenvalue weighted by molar-refractivity contribution is 5.41. The number of anilines is 4. The maximum absolute atomic E-state index is 13.7. The highest BCUT2D eigenvalue weighted by atomic mass is 19.3. The van der Waals surface area contributed by atoms with Crippen molar-refractivity contribution in [2.75, 3.05) is 48.5 Å². The number of halogens is 2. The van der Waals surface area contributed by atoms with E-state index in [2.05, 4.69) is 35.9 Å². The van der Waals surface area contributed by atoms with E-state index in [9.17, 15) is 18.7 Å². The third kappa shape index (κ3) is 6.37. The Hall–Kier alpha value is -3.29. The molecule has 0 radical (unpaired) electrons. The fourth-order valence-corrected chi connectivity index (χ4v) is 2.55. The number of nitrogen functional groups attached to an aromatic ring is 1. The van der Waals surface area contributed by atoms with Crippen molar-refractivity contribution in [3.8, 4) is 0 Å². The van der Waals surface area contributed by atoms with Gasteiger partial charge in [-0.25, -0.2) is 4.79 Å². The van der Waals surface area contributed by atoms with Crippen LogP contribution in [0.3, 0.4) is 0 Å². The molecule has 33 heavy (non-hydrogen) atoms. The first-order valence-corrected chi connectivity index (χ1v) is 9.15. The molecule has 0 spiro atoms. The van der Waals surface area contributed by atoms with Gasteiger partial charge in [-0.05, 0) is 6.07 Å². The van der Waals surface area contributed by atoms with Crippen molar-refractivity contribution in [1.82, 2.24) is 24.5 Å². The number of nitrogens with one attached hydrogen (secondary N) is 3. The molecule has 184 valence electrons. The molecule has 1 aliphatic heterocycles. The lowest BCUT2D eigenvalue weighted by molar-refractivity contribution is -0.140. The minimum Gasteiger partial charge on any atom is -0.394 e. The van der Waals surface area contributed by atoms with Gasteiger partial charge in [0.1, 0.15) is 32.1 Å². The van der Waals surface area contributed by atoms with Crippen LogP contribution in [0.2, 0.25) is 0 Å². The standard InChI is InChI=1S/C9H11F2N3O4.C6H12N6O3/c10-9(11)6(16)4(3-15)18-7(9)14-2-1-5(12)13-8(14)17;13-1-7-4-10-5(8-2-14)12-6(11-4)9-3-15/h1-2,4,6-7,15-16H,3H2,(H2,12,13,17);13-15H,1-3H2,(H3,7,8,9,10,11,12). The van der Waals surface area contributed by atoms with E-state index < -0.39 is 36.7 Å². The summed E-state index contributed by atoms with van der Waals surface area (Å²) in [6, 6.07) is 1.15. The van der Waals surface area contributed by atoms with E-state index >= 15 is 0 Å². The molecular formula is C15H23F2N9O7. The zero-order valence-corrected chi connectivity index (χ0v) is 16.8. The number of ether oxygens (including phenoxy) is 1. The number of rotatable bonds is 8. The van der Waals surface area contributed by atoms with Gasteiger partial charge in [0, 0.05) is 6.20 Å². The summed E-state index contributed by atoms with van der Waals surface area (Å²) in [5.74, 6) is -3.45. The molecule has 16 nitrogen and oxygen atoms in total. The van der Waals surface area contributed by atoms with Crippen molar-refractivity contribution in [3.05, 3.63) is 22.7 Å². The molecule has 0 aromatic carbocycles. The Labute approximate surface area is 183 Å². The molecule has 3 heterocycles. The minimum atomic E-state index is -3.71.